The SMILES string of the molecule is C1=CCOC1.CCCC(C)(C)c1nc(C(C)(C)C)[n-]c1C(C)(C)CCC.CCCC(C)(C)c1nc(C(C)(C)C)[n-]c1C(C)(C)CCC.[Sr+2]. The van der Waals surface area contributed by atoms with Crippen LogP contribution in [-0.2, 0) is 37.2 Å². The summed E-state index contributed by atoms with van der Waals surface area (Å²) in [7, 11) is 0. The summed E-state index contributed by atoms with van der Waals surface area (Å²) in [5.74, 6) is 2.00. The summed E-state index contributed by atoms with van der Waals surface area (Å²) in [6, 6.07) is 0. The average molecular weight is 741 g/mol. The zero-order valence-corrected chi connectivity index (χ0v) is 38.6. The first-order valence-electron chi connectivity index (χ1n) is 18.8. The Labute approximate surface area is 335 Å². The Hall–Kier alpha value is -0.399. The van der Waals surface area contributed by atoms with E-state index in [0.717, 1.165) is 50.5 Å². The Morgan fingerprint density at radius 1 is 0.500 bits per heavy atom. The van der Waals surface area contributed by atoms with E-state index in [1.165, 1.54) is 48.5 Å². The largest absolute Gasteiger partial charge is 2.00 e. The van der Waals surface area contributed by atoms with Gasteiger partial charge in [-0.05, 0) is 58.2 Å². The number of hydrogen-bond acceptors (Lipinski definition) is 3. The maximum absolute atomic E-state index is 5.01. The van der Waals surface area contributed by atoms with Crippen molar-refractivity contribution in [3.05, 3.63) is 46.6 Å². The van der Waals surface area contributed by atoms with Gasteiger partial charge in [-0.1, -0.05) is 197 Å². The minimum atomic E-state index is 0. The first-order valence-corrected chi connectivity index (χ1v) is 18.8. The molecule has 1 aliphatic rings. The first-order chi connectivity index (χ1) is 21.4. The van der Waals surface area contributed by atoms with Crippen molar-refractivity contribution >= 4 is 45.5 Å². The van der Waals surface area contributed by atoms with Gasteiger partial charge in [0, 0.05) is 0 Å². The summed E-state index contributed by atoms with van der Waals surface area (Å²) in [5, 5.41) is 0. The predicted octanol–water partition coefficient (Wildman–Crippen LogP) is 11.2. The molecule has 0 aliphatic carbocycles. The molecule has 2 aromatic rings. The molecule has 0 N–H and O–H groups in total. The van der Waals surface area contributed by atoms with Crippen molar-refractivity contribution < 1.29 is 4.74 Å². The first kappa shape index (κ1) is 47.6. The molecule has 0 aromatic carbocycles. The van der Waals surface area contributed by atoms with Gasteiger partial charge in [-0.2, -0.15) is 0 Å². The van der Waals surface area contributed by atoms with Crippen molar-refractivity contribution in [3.8, 4) is 0 Å². The molecule has 0 fully saturated rings. The maximum Gasteiger partial charge on any atom is 2.00 e. The molecule has 0 spiro atoms. The second kappa shape index (κ2) is 19.4. The van der Waals surface area contributed by atoms with Gasteiger partial charge < -0.3 is 24.7 Å². The van der Waals surface area contributed by atoms with Crippen LogP contribution >= 0.6 is 0 Å². The summed E-state index contributed by atoms with van der Waals surface area (Å²) in [6.45, 7) is 42.4. The maximum atomic E-state index is 5.01. The molecule has 48 heavy (non-hydrogen) atoms. The van der Waals surface area contributed by atoms with E-state index in [1.54, 1.807) is 0 Å². The molecule has 272 valence electrons. The summed E-state index contributed by atoms with van der Waals surface area (Å²) in [4.78, 5) is 20.0. The molecule has 1 aliphatic heterocycles. The Balaban J connectivity index is 0.000000786. The normalized spacial score (nSPS) is 14.2. The fourth-order valence-electron chi connectivity index (χ4n) is 6.56. The van der Waals surface area contributed by atoms with Crippen LogP contribution < -0.4 is 9.97 Å². The molecular weight excluding hydrogens is 664 g/mol. The molecule has 0 amide bonds. The number of imidazole rings is 2. The van der Waals surface area contributed by atoms with Crippen LogP contribution in [0.25, 0.3) is 0 Å². The van der Waals surface area contributed by atoms with Crippen LogP contribution in [0.4, 0.5) is 0 Å². The molecule has 0 atom stereocenters. The molecule has 3 rings (SSSR count). The van der Waals surface area contributed by atoms with Crippen molar-refractivity contribution in [2.45, 2.75) is 208 Å². The van der Waals surface area contributed by atoms with Crippen molar-refractivity contribution in [3.63, 3.8) is 0 Å². The van der Waals surface area contributed by atoms with Gasteiger partial charge in [0.05, 0.1) is 13.2 Å². The molecule has 0 saturated heterocycles. The van der Waals surface area contributed by atoms with Gasteiger partial charge in [0.2, 0.25) is 0 Å². The number of rotatable bonds is 12. The zero-order valence-electron chi connectivity index (χ0n) is 35.1. The van der Waals surface area contributed by atoms with Crippen LogP contribution in [0.1, 0.15) is 210 Å². The minimum Gasteiger partial charge on any atom is -0.442 e. The third kappa shape index (κ3) is 14.0. The van der Waals surface area contributed by atoms with Crippen LogP contribution in [0.2, 0.25) is 0 Å². The summed E-state index contributed by atoms with van der Waals surface area (Å²) in [6.07, 6.45) is 13.4. The fraction of sp³-hybridized carbons (Fsp3) is 0.810. The average Bonchev–Trinajstić information content (AvgIpc) is 3.70. The van der Waals surface area contributed by atoms with Crippen LogP contribution in [0.5, 0.6) is 0 Å². The molecule has 6 heteroatoms. The van der Waals surface area contributed by atoms with Gasteiger partial charge in [-0.3, -0.25) is 0 Å². The zero-order chi connectivity index (χ0) is 36.5. The number of ether oxygens (including phenoxy) is 1. The van der Waals surface area contributed by atoms with Crippen LogP contribution in [0.15, 0.2) is 12.2 Å². The Morgan fingerprint density at radius 2 is 0.771 bits per heavy atom. The standard InChI is InChI=1S/2C19H35N2.C4H6O.Sr/c2*1-10-12-18(6,7)14-15(19(8,9)13-11-2)21-16(20-14)17(3,4)5;1-2-4-5-3-1;/h2*10-13H2,1-9H3;1-2H,3-4H2;/q2*-1;;+2. The van der Waals surface area contributed by atoms with E-state index in [1.807, 2.05) is 12.2 Å². The molecule has 5 nitrogen and oxygen atoms in total. The fourth-order valence-corrected chi connectivity index (χ4v) is 6.56. The van der Waals surface area contributed by atoms with E-state index in [9.17, 15) is 0 Å². The third-order valence-corrected chi connectivity index (χ3v) is 9.32. The van der Waals surface area contributed by atoms with Gasteiger partial charge in [0.25, 0.3) is 0 Å². The van der Waals surface area contributed by atoms with E-state index in [4.69, 9.17) is 24.7 Å². The molecule has 0 unspecified atom stereocenters. The predicted molar refractivity (Wildman–Crippen MR) is 210 cm³/mol. The van der Waals surface area contributed by atoms with E-state index < -0.39 is 0 Å². The topological polar surface area (TPSA) is 63.2 Å². The summed E-state index contributed by atoms with van der Waals surface area (Å²) >= 11 is 0. The van der Waals surface area contributed by atoms with Crippen LogP contribution in [0, 0.1) is 0 Å². The molecule has 0 saturated carbocycles. The van der Waals surface area contributed by atoms with Crippen LogP contribution in [-0.4, -0.2) is 68.7 Å². The van der Waals surface area contributed by atoms with E-state index >= 15 is 0 Å². The monoisotopic (exact) mass is 741 g/mol. The second-order valence-electron chi connectivity index (χ2n) is 18.5. The number of hydrogen-bond donors (Lipinski definition) is 0. The number of nitrogens with zero attached hydrogens (tertiary/aromatic N) is 4. The molecule has 2 aromatic heterocycles. The van der Waals surface area contributed by atoms with Gasteiger partial charge in [0.1, 0.15) is 0 Å². The molecule has 0 bridgehead atoms. The van der Waals surface area contributed by atoms with Crippen molar-refractivity contribution in [2.24, 2.45) is 0 Å². The molecule has 0 radical (unpaired) electrons. The Bertz CT molecular complexity index is 1070. The smallest absolute Gasteiger partial charge is 0.442 e. The van der Waals surface area contributed by atoms with Crippen molar-refractivity contribution in [1.82, 2.24) is 19.9 Å². The quantitative estimate of drug-likeness (QED) is 0.160. The number of aromatic nitrogens is 4. The van der Waals surface area contributed by atoms with Crippen molar-refractivity contribution in [1.29, 1.82) is 0 Å². The van der Waals surface area contributed by atoms with Gasteiger partial charge in [-0.15, -0.1) is 0 Å². The molecule has 3 heterocycles. The van der Waals surface area contributed by atoms with E-state index in [0.29, 0.717) is 0 Å². The second-order valence-corrected chi connectivity index (χ2v) is 18.5. The van der Waals surface area contributed by atoms with E-state index in [-0.39, 0.29) is 78.0 Å². The third-order valence-electron chi connectivity index (χ3n) is 9.32. The van der Waals surface area contributed by atoms with Gasteiger partial charge in [0.15, 0.2) is 0 Å². The van der Waals surface area contributed by atoms with E-state index in [2.05, 4.69) is 125 Å². The Morgan fingerprint density at radius 3 is 0.979 bits per heavy atom. The van der Waals surface area contributed by atoms with Gasteiger partial charge in [-0.25, -0.2) is 0 Å². The minimum absolute atomic E-state index is 0. The Kier molecular flexibility index (Phi) is 19.3. The van der Waals surface area contributed by atoms with Crippen LogP contribution in [0.3, 0.4) is 0 Å². The summed E-state index contributed by atoms with van der Waals surface area (Å²) in [5.41, 5.74) is 5.35. The van der Waals surface area contributed by atoms with Gasteiger partial charge >= 0.3 is 45.5 Å². The summed E-state index contributed by atoms with van der Waals surface area (Å²) < 4.78 is 4.83. The molecular formula is C42H76N4OSr. The van der Waals surface area contributed by atoms with Crippen molar-refractivity contribution in [2.75, 3.05) is 13.2 Å².